The van der Waals surface area contributed by atoms with E-state index < -0.39 is 82.4 Å². The molecule has 274 valence electrons. The maximum absolute atomic E-state index is 11.3. The van der Waals surface area contributed by atoms with Crippen LogP contribution in [0, 0.1) is 0 Å². The third-order valence-corrected chi connectivity index (χ3v) is 11.5. The molecule has 10 N–H and O–H groups in total. The minimum Gasteiger partial charge on any atom is -0.387 e. The summed E-state index contributed by atoms with van der Waals surface area (Å²) < 4.78 is 41.3. The molecule has 0 bridgehead atoms. The van der Waals surface area contributed by atoms with E-state index in [9.17, 15) is 29.8 Å². The number of fused-ring (bicyclic) bond motifs is 2. The third kappa shape index (κ3) is 7.89. The van der Waals surface area contributed by atoms with Crippen LogP contribution in [0.25, 0.3) is 22.3 Å². The van der Waals surface area contributed by atoms with Gasteiger partial charge in [-0.1, -0.05) is 0 Å². The molecule has 0 aromatic carbocycles. The van der Waals surface area contributed by atoms with Gasteiger partial charge < -0.3 is 64.3 Å². The van der Waals surface area contributed by atoms with Crippen molar-refractivity contribution in [3.8, 4) is 0 Å². The van der Waals surface area contributed by atoms with Crippen molar-refractivity contribution in [2.45, 2.75) is 49.1 Å². The maximum atomic E-state index is 11.3. The fourth-order valence-electron chi connectivity index (χ4n) is 5.22. The Morgan fingerprint density at radius 1 is 0.720 bits per heavy atom. The Kier molecular flexibility index (Phi) is 11.0. The van der Waals surface area contributed by atoms with E-state index in [1.165, 1.54) is 28.1 Å². The van der Waals surface area contributed by atoms with E-state index in [-0.39, 0.29) is 34.0 Å². The minimum atomic E-state index is -4.36. The minimum absolute atomic E-state index is 0.0407. The number of aliphatic hydroxyl groups excluding tert-OH is 2. The van der Waals surface area contributed by atoms with Gasteiger partial charge in [0.15, 0.2) is 35.4 Å². The van der Waals surface area contributed by atoms with Crippen molar-refractivity contribution in [3.05, 3.63) is 25.3 Å². The number of aliphatic hydroxyl groups is 2. The van der Waals surface area contributed by atoms with Gasteiger partial charge in [-0.2, -0.15) is 0 Å². The lowest BCUT2D eigenvalue weighted by atomic mass is 10.1. The number of hydrogen-bond donors (Lipinski definition) is 8. The number of imidazole rings is 2. The highest BCUT2D eigenvalue weighted by atomic mass is 32.5. The zero-order valence-electron chi connectivity index (χ0n) is 25.2. The lowest BCUT2D eigenvalue weighted by molar-refractivity contribution is -0.0558. The van der Waals surface area contributed by atoms with Gasteiger partial charge in [-0.3, -0.25) is 18.2 Å². The van der Waals surface area contributed by atoms with E-state index in [1.807, 2.05) is 0 Å². The van der Waals surface area contributed by atoms with Crippen LogP contribution in [0.5, 0.6) is 0 Å². The van der Waals surface area contributed by atoms with Crippen LogP contribution in [0.2, 0.25) is 0 Å². The van der Waals surface area contributed by atoms with Crippen LogP contribution in [0.1, 0.15) is 12.5 Å². The van der Waals surface area contributed by atoms with E-state index >= 15 is 0 Å². The molecule has 2 aliphatic rings. The first kappa shape index (κ1) is 37.9. The summed E-state index contributed by atoms with van der Waals surface area (Å²) in [4.78, 5) is 65.2. The summed E-state index contributed by atoms with van der Waals surface area (Å²) in [6, 6.07) is 0. The lowest BCUT2D eigenvalue weighted by Crippen LogP contribution is -2.36. The van der Waals surface area contributed by atoms with Crippen LogP contribution in [0.4, 0.5) is 11.6 Å². The molecule has 29 heteroatoms. The molecule has 0 saturated carbocycles. The zero-order chi connectivity index (χ0) is 36.2. The molecule has 0 radical (unpaired) electrons. The van der Waals surface area contributed by atoms with Crippen molar-refractivity contribution in [1.82, 2.24) is 39.0 Å². The summed E-state index contributed by atoms with van der Waals surface area (Å²) in [6.07, 6.45) is -6.33. The first-order valence-electron chi connectivity index (χ1n) is 13.9. The highest BCUT2D eigenvalue weighted by molar-refractivity contribution is 8.07. The lowest BCUT2D eigenvalue weighted by Gasteiger charge is -2.27. The predicted octanol–water partition coefficient (Wildman–Crippen LogP) is -1.56. The summed E-state index contributed by atoms with van der Waals surface area (Å²) in [7, 11) is 1.13. The molecule has 0 aliphatic carbocycles. The number of anilines is 2. The van der Waals surface area contributed by atoms with Gasteiger partial charge in [0, 0.05) is 7.11 Å². The first-order chi connectivity index (χ1) is 23.5. The van der Waals surface area contributed by atoms with Gasteiger partial charge in [0.2, 0.25) is 0 Å². The van der Waals surface area contributed by atoms with Gasteiger partial charge >= 0.3 is 20.2 Å². The summed E-state index contributed by atoms with van der Waals surface area (Å²) >= 11 is 14.8. The average molecular weight is 819 g/mol. The largest absolute Gasteiger partial charge is 0.387 e. The second kappa shape index (κ2) is 14.5. The first-order valence-corrected chi connectivity index (χ1v) is 21.7. The fourth-order valence-corrected chi connectivity index (χ4v) is 8.08. The SMILES string of the molecule is COP(O)(=S)OC1[C@@H](O)[C@@H](COP(O)(=S)OC2[C@@H](O)[C@@H](COP(O)(O)=S)O[C@H]2n2cnc3c(N)ncnc32)O[C@H]1n1cnc2c(N)ncnc21. The number of rotatable bonds is 13. The second-order valence-corrected chi connectivity index (χ2v) is 19.0. The quantitative estimate of drug-likeness (QED) is 0.0707. The number of ether oxygens (including phenoxy) is 2. The number of hydrogen-bond acceptors (Lipinski definition) is 20. The van der Waals surface area contributed by atoms with E-state index in [2.05, 4.69) is 41.7 Å². The van der Waals surface area contributed by atoms with Crippen molar-refractivity contribution in [2.75, 3.05) is 31.8 Å². The van der Waals surface area contributed by atoms with E-state index in [0.29, 0.717) is 0 Å². The van der Waals surface area contributed by atoms with Crippen molar-refractivity contribution in [3.63, 3.8) is 0 Å². The second-order valence-electron chi connectivity index (χ2n) is 10.6. The molecular formula is C21H29N10O13P3S3. The van der Waals surface area contributed by atoms with Crippen LogP contribution < -0.4 is 11.5 Å². The molecule has 50 heavy (non-hydrogen) atoms. The predicted molar refractivity (Wildman–Crippen MR) is 180 cm³/mol. The molecule has 4 unspecified atom stereocenters. The van der Waals surface area contributed by atoms with Gasteiger partial charge in [0.1, 0.15) is 60.3 Å². The molecule has 6 heterocycles. The number of nitrogens with zero attached hydrogens (tertiary/aromatic N) is 8. The van der Waals surface area contributed by atoms with Crippen molar-refractivity contribution in [2.24, 2.45) is 0 Å². The Balaban J connectivity index is 1.23. The molecule has 10 atom stereocenters. The van der Waals surface area contributed by atoms with Gasteiger partial charge in [0.25, 0.3) is 0 Å². The topological polar surface area (TPSA) is 325 Å². The summed E-state index contributed by atoms with van der Waals surface area (Å²) in [6.45, 7) is -13.6. The Bertz CT molecular complexity index is 2020. The van der Waals surface area contributed by atoms with Crippen molar-refractivity contribution < 1.29 is 61.9 Å². The van der Waals surface area contributed by atoms with Gasteiger partial charge in [0.05, 0.1) is 25.9 Å². The van der Waals surface area contributed by atoms with E-state index in [4.69, 9.17) is 67.2 Å². The van der Waals surface area contributed by atoms with Crippen LogP contribution in [0.15, 0.2) is 25.3 Å². The number of nitrogens with two attached hydrogens (primary N) is 2. The Hall–Kier alpha value is -1.87. The van der Waals surface area contributed by atoms with Crippen LogP contribution in [-0.2, 0) is 67.5 Å². The highest BCUT2D eigenvalue weighted by Gasteiger charge is 2.51. The van der Waals surface area contributed by atoms with Crippen LogP contribution >= 0.6 is 20.2 Å². The van der Waals surface area contributed by atoms with Gasteiger partial charge in [-0.25, -0.2) is 29.9 Å². The number of aromatic nitrogens is 8. The van der Waals surface area contributed by atoms with Gasteiger partial charge in [-0.15, -0.1) is 0 Å². The molecular weight excluding hydrogens is 789 g/mol. The molecule has 4 aromatic rings. The molecule has 2 saturated heterocycles. The summed E-state index contributed by atoms with van der Waals surface area (Å²) in [5.41, 5.74) is 12.6. The molecule has 2 fully saturated rings. The Labute approximate surface area is 295 Å². The third-order valence-electron chi connectivity index (χ3n) is 7.50. The molecule has 4 aromatic heterocycles. The Morgan fingerprint density at radius 2 is 1.16 bits per heavy atom. The normalized spacial score (nSPS) is 29.8. The molecule has 23 nitrogen and oxygen atoms in total. The van der Waals surface area contributed by atoms with Crippen molar-refractivity contribution in [1.29, 1.82) is 0 Å². The summed E-state index contributed by atoms with van der Waals surface area (Å²) in [5, 5.41) is 22.4. The highest BCUT2D eigenvalue weighted by Crippen LogP contribution is 2.52. The standard InChI is InChI=1S/C21H29N10O13P3S3/c1-38-46(36,49)43-14-13(33)9(42-20(14)30-6-28-10-16(22)24-4-26-18(10)30)3-40-47(37,50)44-15-12(32)8(2-39-45(34,35)48)41-21(15)31-7-29-11-17(23)25-5-27-19(11)31/h4-9,12-15,20-21,32-33H,2-3H2,1H3,(H,36,49)(H,37,50)(H2,22,24,26)(H2,23,25,27)(H2,34,35,48)/t8-,9-,12+,13+,14?,15?,20-,21-,46?,47?/m1/s1. The summed E-state index contributed by atoms with van der Waals surface area (Å²) in [5.74, 6) is 0.105. The fraction of sp³-hybridized carbons (Fsp3) is 0.524. The molecule has 6 rings (SSSR count). The maximum Gasteiger partial charge on any atom is 0.325 e. The Morgan fingerprint density at radius 3 is 1.60 bits per heavy atom. The average Bonchev–Trinajstić information content (AvgIpc) is 3.81. The smallest absolute Gasteiger partial charge is 0.325 e. The van der Waals surface area contributed by atoms with Crippen LogP contribution in [-0.4, -0.2) is 126 Å². The molecule has 0 spiro atoms. The van der Waals surface area contributed by atoms with Crippen LogP contribution in [0.3, 0.4) is 0 Å². The zero-order valence-corrected chi connectivity index (χ0v) is 30.3. The molecule has 2 aliphatic heterocycles. The molecule has 0 amide bonds. The van der Waals surface area contributed by atoms with E-state index in [0.717, 1.165) is 13.4 Å². The van der Waals surface area contributed by atoms with E-state index in [1.54, 1.807) is 0 Å². The number of nitrogen functional groups attached to an aromatic ring is 2. The monoisotopic (exact) mass is 818 g/mol. The van der Waals surface area contributed by atoms with Gasteiger partial charge in [-0.05, 0) is 35.4 Å². The van der Waals surface area contributed by atoms with Crippen molar-refractivity contribution >= 4 is 89.5 Å².